The van der Waals surface area contributed by atoms with Crippen LogP contribution in [0.15, 0.2) is 48.8 Å². The summed E-state index contributed by atoms with van der Waals surface area (Å²) in [5.74, 6) is 0.806. The van der Waals surface area contributed by atoms with E-state index < -0.39 is 0 Å². The smallest absolute Gasteiger partial charge is 0.254 e. The summed E-state index contributed by atoms with van der Waals surface area (Å²) in [6, 6.07) is 13.5. The summed E-state index contributed by atoms with van der Waals surface area (Å²) < 4.78 is 13.0. The molecule has 0 unspecified atom stereocenters. The van der Waals surface area contributed by atoms with Gasteiger partial charge < -0.3 is 18.9 Å². The largest absolute Gasteiger partial charge is 0.497 e. The van der Waals surface area contributed by atoms with E-state index in [1.54, 1.807) is 13.4 Å². The minimum absolute atomic E-state index is 0.00105. The first kappa shape index (κ1) is 18.5. The molecule has 6 heteroatoms. The Morgan fingerprint density at radius 2 is 2.11 bits per heavy atom. The number of aryl methyl sites for hydroxylation is 1. The van der Waals surface area contributed by atoms with Crippen LogP contribution >= 0.6 is 0 Å². The lowest BCUT2D eigenvalue weighted by molar-refractivity contribution is 0.0507. The molecule has 2 aromatic carbocycles. The molecule has 1 amide bonds. The van der Waals surface area contributed by atoms with Crippen LogP contribution in [0.4, 0.5) is 0 Å². The van der Waals surface area contributed by atoms with E-state index in [4.69, 9.17) is 9.47 Å². The maximum absolute atomic E-state index is 13.3. The van der Waals surface area contributed by atoms with Crippen molar-refractivity contribution >= 4 is 16.9 Å². The Kier molecular flexibility index (Phi) is 5.30. The van der Waals surface area contributed by atoms with E-state index in [-0.39, 0.29) is 12.0 Å². The first-order chi connectivity index (χ1) is 13.6. The zero-order valence-corrected chi connectivity index (χ0v) is 16.3. The highest BCUT2D eigenvalue weighted by Crippen LogP contribution is 2.20. The topological polar surface area (TPSA) is 56.6 Å². The maximum atomic E-state index is 13.3. The highest BCUT2D eigenvalue weighted by molar-refractivity contribution is 5.97. The third-order valence-corrected chi connectivity index (χ3v) is 5.24. The van der Waals surface area contributed by atoms with Crippen molar-refractivity contribution in [3.63, 3.8) is 0 Å². The minimum atomic E-state index is -0.00105. The van der Waals surface area contributed by atoms with E-state index in [1.165, 1.54) is 0 Å². The van der Waals surface area contributed by atoms with Gasteiger partial charge in [0, 0.05) is 32.3 Å². The summed E-state index contributed by atoms with van der Waals surface area (Å²) in [5, 5.41) is 0. The van der Waals surface area contributed by atoms with Crippen LogP contribution < -0.4 is 4.74 Å². The first-order valence-electron chi connectivity index (χ1n) is 9.59. The molecule has 1 fully saturated rings. The third kappa shape index (κ3) is 3.87. The molecule has 0 bridgehead atoms. The summed E-state index contributed by atoms with van der Waals surface area (Å²) in [4.78, 5) is 19.6. The number of aromatic nitrogens is 2. The van der Waals surface area contributed by atoms with Gasteiger partial charge in [-0.15, -0.1) is 0 Å². The SMILES string of the molecule is COc1ccc(CN(C[C@@H]2CCCO2)C(=O)c2ccc3c(c2)ncn3C)cc1. The summed E-state index contributed by atoms with van der Waals surface area (Å²) in [5.41, 5.74) is 3.55. The number of ether oxygens (including phenoxy) is 2. The number of methoxy groups -OCH3 is 1. The van der Waals surface area contributed by atoms with Crippen LogP contribution in [0.3, 0.4) is 0 Å². The third-order valence-electron chi connectivity index (χ3n) is 5.24. The van der Waals surface area contributed by atoms with E-state index in [1.807, 2.05) is 59.0 Å². The molecule has 0 saturated carbocycles. The molecule has 0 radical (unpaired) electrons. The van der Waals surface area contributed by atoms with Gasteiger partial charge >= 0.3 is 0 Å². The van der Waals surface area contributed by atoms with Gasteiger partial charge in [0.25, 0.3) is 5.91 Å². The number of fused-ring (bicyclic) bond motifs is 1. The number of carbonyl (C=O) groups is 1. The number of carbonyl (C=O) groups excluding carboxylic acids is 1. The zero-order valence-electron chi connectivity index (χ0n) is 16.3. The number of benzene rings is 2. The molecule has 1 saturated heterocycles. The fraction of sp³-hybridized carbons (Fsp3) is 0.364. The number of imidazole rings is 1. The quantitative estimate of drug-likeness (QED) is 0.659. The Bertz CT molecular complexity index is 959. The van der Waals surface area contributed by atoms with Crippen molar-refractivity contribution < 1.29 is 14.3 Å². The van der Waals surface area contributed by atoms with E-state index in [9.17, 15) is 4.79 Å². The lowest BCUT2D eigenvalue weighted by Crippen LogP contribution is -2.37. The van der Waals surface area contributed by atoms with Crippen LogP contribution in [0.2, 0.25) is 0 Å². The summed E-state index contributed by atoms with van der Waals surface area (Å²) in [6.07, 6.45) is 3.90. The highest BCUT2D eigenvalue weighted by Gasteiger charge is 2.24. The van der Waals surface area contributed by atoms with Gasteiger partial charge in [-0.05, 0) is 48.7 Å². The molecule has 1 aliphatic rings. The van der Waals surface area contributed by atoms with Crippen LogP contribution in [0.5, 0.6) is 5.75 Å². The molecule has 28 heavy (non-hydrogen) atoms. The molecule has 0 aliphatic carbocycles. The van der Waals surface area contributed by atoms with E-state index in [0.29, 0.717) is 18.7 Å². The second kappa shape index (κ2) is 8.02. The molecule has 1 aliphatic heterocycles. The van der Waals surface area contributed by atoms with Crippen LogP contribution in [0.1, 0.15) is 28.8 Å². The average Bonchev–Trinajstić information content (AvgIpc) is 3.37. The van der Waals surface area contributed by atoms with Crippen molar-refractivity contribution in [1.29, 1.82) is 0 Å². The van der Waals surface area contributed by atoms with Gasteiger partial charge in [0.2, 0.25) is 0 Å². The molecular formula is C22H25N3O3. The molecular weight excluding hydrogens is 354 g/mol. The number of rotatable bonds is 6. The molecule has 4 rings (SSSR count). The van der Waals surface area contributed by atoms with Crippen LogP contribution in [0.25, 0.3) is 11.0 Å². The average molecular weight is 379 g/mol. The fourth-order valence-electron chi connectivity index (χ4n) is 3.66. The van der Waals surface area contributed by atoms with Crippen LogP contribution in [-0.4, -0.2) is 46.7 Å². The molecule has 0 N–H and O–H groups in total. The number of hydrogen-bond acceptors (Lipinski definition) is 4. The summed E-state index contributed by atoms with van der Waals surface area (Å²) >= 11 is 0. The van der Waals surface area contributed by atoms with Crippen molar-refractivity contribution in [3.8, 4) is 5.75 Å². The number of nitrogens with zero attached hydrogens (tertiary/aromatic N) is 3. The molecule has 3 aromatic rings. The minimum Gasteiger partial charge on any atom is -0.497 e. The van der Waals surface area contributed by atoms with Gasteiger partial charge in [-0.1, -0.05) is 12.1 Å². The molecule has 1 aromatic heterocycles. The van der Waals surface area contributed by atoms with Crippen molar-refractivity contribution in [1.82, 2.24) is 14.5 Å². The van der Waals surface area contributed by atoms with Crippen molar-refractivity contribution in [2.75, 3.05) is 20.3 Å². The van der Waals surface area contributed by atoms with E-state index >= 15 is 0 Å². The van der Waals surface area contributed by atoms with Gasteiger partial charge in [0.05, 0.1) is 30.6 Å². The van der Waals surface area contributed by atoms with E-state index in [2.05, 4.69) is 4.98 Å². The molecule has 2 heterocycles. The first-order valence-corrected chi connectivity index (χ1v) is 9.59. The van der Waals surface area contributed by atoms with Crippen molar-refractivity contribution in [2.24, 2.45) is 7.05 Å². The lowest BCUT2D eigenvalue weighted by Gasteiger charge is -2.26. The fourth-order valence-corrected chi connectivity index (χ4v) is 3.66. The summed E-state index contributed by atoms with van der Waals surface area (Å²) in [7, 11) is 3.60. The summed E-state index contributed by atoms with van der Waals surface area (Å²) in [6.45, 7) is 1.89. The van der Waals surface area contributed by atoms with Gasteiger partial charge in [-0.25, -0.2) is 4.98 Å². The van der Waals surface area contributed by atoms with E-state index in [0.717, 1.165) is 41.8 Å². The van der Waals surface area contributed by atoms with Gasteiger partial charge in [0.15, 0.2) is 0 Å². The second-order valence-electron chi connectivity index (χ2n) is 7.23. The maximum Gasteiger partial charge on any atom is 0.254 e. The molecule has 0 spiro atoms. The Labute approximate surface area is 164 Å². The van der Waals surface area contributed by atoms with Gasteiger partial charge in [0.1, 0.15) is 5.75 Å². The van der Waals surface area contributed by atoms with Crippen LogP contribution in [-0.2, 0) is 18.3 Å². The van der Waals surface area contributed by atoms with Crippen molar-refractivity contribution in [2.45, 2.75) is 25.5 Å². The molecule has 6 nitrogen and oxygen atoms in total. The number of hydrogen-bond donors (Lipinski definition) is 0. The van der Waals surface area contributed by atoms with Gasteiger partial charge in [-0.2, -0.15) is 0 Å². The molecule has 146 valence electrons. The molecule has 1 atom stereocenters. The predicted molar refractivity (Wildman–Crippen MR) is 107 cm³/mol. The Hall–Kier alpha value is -2.86. The number of amides is 1. The zero-order chi connectivity index (χ0) is 19.5. The second-order valence-corrected chi connectivity index (χ2v) is 7.23. The standard InChI is InChI=1S/C22H25N3O3/c1-24-15-23-20-12-17(7-10-21(20)24)22(26)25(14-19-4-3-11-28-19)13-16-5-8-18(27-2)9-6-16/h5-10,12,15,19H,3-4,11,13-14H2,1-2H3/t19-/m0/s1. The monoisotopic (exact) mass is 379 g/mol. The lowest BCUT2D eigenvalue weighted by atomic mass is 10.1. The Balaban J connectivity index is 1.59. The Morgan fingerprint density at radius 1 is 1.29 bits per heavy atom. The highest BCUT2D eigenvalue weighted by atomic mass is 16.5. The normalized spacial score (nSPS) is 16.4. The predicted octanol–water partition coefficient (Wildman–Crippen LogP) is 3.40. The van der Waals surface area contributed by atoms with Gasteiger partial charge in [-0.3, -0.25) is 4.79 Å². The van der Waals surface area contributed by atoms with Crippen molar-refractivity contribution in [3.05, 3.63) is 59.9 Å². The Morgan fingerprint density at radius 3 is 2.82 bits per heavy atom. The van der Waals surface area contributed by atoms with Crippen LogP contribution in [0, 0.1) is 0 Å².